The van der Waals surface area contributed by atoms with Crippen LogP contribution in [0.5, 0.6) is 5.75 Å². The van der Waals surface area contributed by atoms with E-state index >= 15 is 0 Å². The monoisotopic (exact) mass is 425 g/mol. The maximum atomic E-state index is 12.7. The van der Waals surface area contributed by atoms with E-state index in [4.69, 9.17) is 10.5 Å². The lowest BCUT2D eigenvalue weighted by Gasteiger charge is -2.15. The zero-order chi connectivity index (χ0) is 22.1. The summed E-state index contributed by atoms with van der Waals surface area (Å²) in [7, 11) is 0. The number of amides is 2. The van der Waals surface area contributed by atoms with Crippen LogP contribution >= 0.6 is 0 Å². The van der Waals surface area contributed by atoms with Crippen LogP contribution in [0.2, 0.25) is 0 Å². The molecule has 6 nitrogen and oxygen atoms in total. The molecule has 6 heteroatoms. The minimum absolute atomic E-state index is 0.0117. The summed E-state index contributed by atoms with van der Waals surface area (Å²) in [5.41, 5.74) is 10.4. The number of rotatable bonds is 6. The van der Waals surface area contributed by atoms with Crippen molar-refractivity contribution in [2.45, 2.75) is 18.9 Å². The molecule has 3 N–H and O–H groups in total. The third-order valence-electron chi connectivity index (χ3n) is 5.83. The summed E-state index contributed by atoms with van der Waals surface area (Å²) in [5, 5.41) is 4.16. The summed E-state index contributed by atoms with van der Waals surface area (Å²) in [6.45, 7) is 0.586. The Morgan fingerprint density at radius 2 is 1.81 bits per heavy atom. The lowest BCUT2D eigenvalue weighted by Crippen LogP contribution is -2.20. The van der Waals surface area contributed by atoms with Gasteiger partial charge in [0.1, 0.15) is 5.75 Å². The van der Waals surface area contributed by atoms with Crippen molar-refractivity contribution < 1.29 is 14.3 Å². The molecular formula is C26H23N3O3. The Hall–Kier alpha value is -4.06. The van der Waals surface area contributed by atoms with Gasteiger partial charge in [-0.15, -0.1) is 0 Å². The van der Waals surface area contributed by atoms with Gasteiger partial charge in [-0.1, -0.05) is 48.5 Å². The van der Waals surface area contributed by atoms with Crippen molar-refractivity contribution in [2.75, 3.05) is 11.9 Å². The van der Waals surface area contributed by atoms with Crippen LogP contribution in [-0.2, 0) is 16.1 Å². The zero-order valence-corrected chi connectivity index (χ0v) is 17.5. The average Bonchev–Trinajstić information content (AvgIpc) is 3.09. The maximum Gasteiger partial charge on any atom is 0.255 e. The van der Waals surface area contributed by atoms with Crippen LogP contribution in [0.15, 0.2) is 79.0 Å². The number of hydrogen-bond donors (Lipinski definition) is 2. The van der Waals surface area contributed by atoms with Crippen molar-refractivity contribution >= 4 is 28.4 Å². The van der Waals surface area contributed by atoms with E-state index < -0.39 is 5.91 Å². The van der Waals surface area contributed by atoms with Crippen molar-refractivity contribution in [2.24, 2.45) is 5.73 Å². The van der Waals surface area contributed by atoms with E-state index in [1.807, 2.05) is 54.6 Å². The normalized spacial score (nSPS) is 15.2. The molecule has 5 rings (SSSR count). The highest BCUT2D eigenvalue weighted by molar-refractivity contribution is 6.06. The quantitative estimate of drug-likeness (QED) is 0.489. The molecular weight excluding hydrogens is 402 g/mol. The summed E-state index contributed by atoms with van der Waals surface area (Å²) in [6, 6.07) is 23.9. The number of aromatic nitrogens is 1. The van der Waals surface area contributed by atoms with Crippen molar-refractivity contribution in [3.8, 4) is 5.75 Å². The number of hydrogen-bond acceptors (Lipinski definition) is 3. The van der Waals surface area contributed by atoms with Gasteiger partial charge >= 0.3 is 0 Å². The first-order chi connectivity index (χ1) is 15.6. The second-order valence-electron chi connectivity index (χ2n) is 8.03. The van der Waals surface area contributed by atoms with Gasteiger partial charge in [0.05, 0.1) is 11.2 Å². The van der Waals surface area contributed by atoms with E-state index in [9.17, 15) is 9.59 Å². The SMILES string of the molecule is NC(=O)COc1ccc(C2CC(=O)Nc3cccc4c3c2cn4Cc2ccccc2)cc1. The fraction of sp³-hybridized carbons (Fsp3) is 0.154. The third-order valence-corrected chi connectivity index (χ3v) is 5.83. The van der Waals surface area contributed by atoms with Gasteiger partial charge in [0, 0.05) is 30.5 Å². The Balaban J connectivity index is 1.56. The molecule has 0 radical (unpaired) electrons. The zero-order valence-electron chi connectivity index (χ0n) is 17.5. The van der Waals surface area contributed by atoms with Gasteiger partial charge in [0.25, 0.3) is 5.91 Å². The highest BCUT2D eigenvalue weighted by atomic mass is 16.5. The number of nitrogens with two attached hydrogens (primary N) is 1. The molecule has 160 valence electrons. The number of primary amides is 1. The Labute approximate surface area is 185 Å². The minimum Gasteiger partial charge on any atom is -0.484 e. The first-order valence-corrected chi connectivity index (χ1v) is 10.5. The van der Waals surface area contributed by atoms with Gasteiger partial charge in [-0.25, -0.2) is 0 Å². The largest absolute Gasteiger partial charge is 0.484 e. The van der Waals surface area contributed by atoms with E-state index in [2.05, 4.69) is 34.3 Å². The first-order valence-electron chi connectivity index (χ1n) is 10.5. The minimum atomic E-state index is -0.520. The van der Waals surface area contributed by atoms with Gasteiger partial charge in [-0.2, -0.15) is 0 Å². The van der Waals surface area contributed by atoms with Gasteiger partial charge < -0.3 is 20.4 Å². The molecule has 32 heavy (non-hydrogen) atoms. The molecule has 2 heterocycles. The van der Waals surface area contributed by atoms with Crippen LogP contribution in [0.1, 0.15) is 29.0 Å². The Kier molecular flexibility index (Phi) is 5.11. The Morgan fingerprint density at radius 1 is 1.03 bits per heavy atom. The molecule has 0 fully saturated rings. The first kappa shape index (κ1) is 19.9. The van der Waals surface area contributed by atoms with Gasteiger partial charge in [0.15, 0.2) is 6.61 Å². The van der Waals surface area contributed by atoms with Crippen molar-refractivity contribution in [3.05, 3.63) is 95.7 Å². The number of carbonyl (C=O) groups excluding carboxylic acids is 2. The predicted molar refractivity (Wildman–Crippen MR) is 124 cm³/mol. The lowest BCUT2D eigenvalue weighted by atomic mass is 9.88. The molecule has 1 aromatic heterocycles. The standard InChI is InChI=1S/C26H23N3O3/c27-24(30)16-32-19-11-9-18(10-12-19)20-13-25(31)28-22-7-4-8-23-26(22)21(20)15-29(23)14-17-5-2-1-3-6-17/h1-12,15,20H,13-14,16H2,(H2,27,30)(H,28,31). The third kappa shape index (κ3) is 3.83. The van der Waals surface area contributed by atoms with E-state index in [1.165, 1.54) is 5.56 Å². The molecule has 1 atom stereocenters. The fourth-order valence-electron chi connectivity index (χ4n) is 4.41. The predicted octanol–water partition coefficient (Wildman–Crippen LogP) is 4.03. The summed E-state index contributed by atoms with van der Waals surface area (Å²) >= 11 is 0. The molecule has 0 saturated carbocycles. The smallest absolute Gasteiger partial charge is 0.255 e. The Morgan fingerprint density at radius 3 is 2.56 bits per heavy atom. The maximum absolute atomic E-state index is 12.7. The summed E-state index contributed by atoms with van der Waals surface area (Å²) in [5.74, 6) is -0.0585. The molecule has 0 bridgehead atoms. The number of nitrogens with zero attached hydrogens (tertiary/aromatic N) is 1. The van der Waals surface area contributed by atoms with Crippen molar-refractivity contribution in [1.29, 1.82) is 0 Å². The highest BCUT2D eigenvalue weighted by Gasteiger charge is 2.27. The molecule has 0 aliphatic carbocycles. The van der Waals surface area contributed by atoms with Gasteiger partial charge in [0.2, 0.25) is 5.91 Å². The number of nitrogens with one attached hydrogen (secondary N) is 1. The van der Waals surface area contributed by atoms with Crippen LogP contribution < -0.4 is 15.8 Å². The molecule has 2 amide bonds. The molecule has 1 aliphatic rings. The van der Waals surface area contributed by atoms with Gasteiger partial charge in [-0.3, -0.25) is 9.59 Å². The lowest BCUT2D eigenvalue weighted by molar-refractivity contribution is -0.120. The molecule has 4 aromatic rings. The van der Waals surface area contributed by atoms with E-state index in [0.717, 1.165) is 34.3 Å². The molecule has 0 spiro atoms. The molecule has 3 aromatic carbocycles. The van der Waals surface area contributed by atoms with Crippen LogP contribution in [0.4, 0.5) is 5.69 Å². The summed E-state index contributed by atoms with van der Waals surface area (Å²) in [4.78, 5) is 23.7. The number of benzene rings is 3. The molecule has 1 aliphatic heterocycles. The van der Waals surface area contributed by atoms with Crippen molar-refractivity contribution in [3.63, 3.8) is 0 Å². The van der Waals surface area contributed by atoms with Crippen molar-refractivity contribution in [1.82, 2.24) is 4.57 Å². The van der Waals surface area contributed by atoms with Crippen LogP contribution in [0.3, 0.4) is 0 Å². The van der Waals surface area contributed by atoms with E-state index in [-0.39, 0.29) is 18.4 Å². The van der Waals surface area contributed by atoms with Crippen LogP contribution in [0, 0.1) is 0 Å². The summed E-state index contributed by atoms with van der Waals surface area (Å²) < 4.78 is 7.63. The number of ether oxygens (including phenoxy) is 1. The van der Waals surface area contributed by atoms with Crippen LogP contribution in [0.25, 0.3) is 10.9 Å². The average molecular weight is 425 g/mol. The highest BCUT2D eigenvalue weighted by Crippen LogP contribution is 2.41. The van der Waals surface area contributed by atoms with Crippen LogP contribution in [-0.4, -0.2) is 23.0 Å². The second-order valence-corrected chi connectivity index (χ2v) is 8.03. The Bertz CT molecular complexity index is 1290. The molecule has 0 saturated heterocycles. The number of anilines is 1. The fourth-order valence-corrected chi connectivity index (χ4v) is 4.41. The second kappa shape index (κ2) is 8.23. The van der Waals surface area contributed by atoms with E-state index in [0.29, 0.717) is 12.2 Å². The number of carbonyl (C=O) groups is 2. The topological polar surface area (TPSA) is 86.4 Å². The van der Waals surface area contributed by atoms with Gasteiger partial charge in [-0.05, 0) is 41.0 Å². The van der Waals surface area contributed by atoms with E-state index in [1.54, 1.807) is 0 Å². The molecule has 1 unspecified atom stereocenters. The summed E-state index contributed by atoms with van der Waals surface area (Å²) in [6.07, 6.45) is 2.52.